The summed E-state index contributed by atoms with van der Waals surface area (Å²) in [7, 11) is 0. The monoisotopic (exact) mass is 234 g/mol. The van der Waals surface area contributed by atoms with Gasteiger partial charge in [0.2, 0.25) is 0 Å². The summed E-state index contributed by atoms with van der Waals surface area (Å²) < 4.78 is 11.0. The van der Waals surface area contributed by atoms with Gasteiger partial charge in [0.05, 0.1) is 18.5 Å². The lowest BCUT2D eigenvalue weighted by atomic mass is 10.1. The molecule has 2 unspecified atom stereocenters. The van der Waals surface area contributed by atoms with Crippen LogP contribution in [-0.2, 0) is 9.53 Å². The molecule has 1 fully saturated rings. The molecule has 0 spiro atoms. The number of anilines is 1. The maximum atomic E-state index is 11.5. The van der Waals surface area contributed by atoms with Crippen molar-refractivity contribution in [3.8, 4) is 5.75 Å². The van der Waals surface area contributed by atoms with E-state index in [1.54, 1.807) is 6.92 Å². The van der Waals surface area contributed by atoms with Crippen LogP contribution in [0.3, 0.4) is 0 Å². The van der Waals surface area contributed by atoms with Crippen LogP contribution in [0.25, 0.3) is 0 Å². The predicted octanol–water partition coefficient (Wildman–Crippen LogP) is 1.02. The molecule has 5 nitrogen and oxygen atoms in total. The molecule has 2 heterocycles. The number of benzene rings is 1. The van der Waals surface area contributed by atoms with Crippen molar-refractivity contribution in [1.82, 2.24) is 5.32 Å². The van der Waals surface area contributed by atoms with E-state index in [-0.39, 0.29) is 12.0 Å². The fraction of sp³-hybridized carbons (Fsp3) is 0.417. The molecule has 1 amide bonds. The molecule has 2 aliphatic rings. The number of hydrogen-bond acceptors (Lipinski definition) is 4. The van der Waals surface area contributed by atoms with Gasteiger partial charge in [0, 0.05) is 6.54 Å². The Morgan fingerprint density at radius 2 is 2.29 bits per heavy atom. The van der Waals surface area contributed by atoms with E-state index in [0.29, 0.717) is 12.5 Å². The third-order valence-electron chi connectivity index (χ3n) is 3.02. The van der Waals surface area contributed by atoms with Crippen molar-refractivity contribution in [2.45, 2.75) is 19.1 Å². The summed E-state index contributed by atoms with van der Waals surface area (Å²) in [6.07, 6.45) is -0.380. The Bertz CT molecular complexity index is 455. The highest BCUT2D eigenvalue weighted by Crippen LogP contribution is 2.33. The summed E-state index contributed by atoms with van der Waals surface area (Å²) in [6.45, 7) is 3.10. The predicted molar refractivity (Wildman–Crippen MR) is 61.9 cm³/mol. The first kappa shape index (κ1) is 10.6. The SMILES string of the molecule is CC1Oc2ccc(C3CNCO3)cc2NC1=O. The van der Waals surface area contributed by atoms with Gasteiger partial charge in [0.25, 0.3) is 5.91 Å². The van der Waals surface area contributed by atoms with Gasteiger partial charge in [0.15, 0.2) is 6.10 Å². The minimum atomic E-state index is -0.433. The lowest BCUT2D eigenvalue weighted by molar-refractivity contribution is -0.122. The fourth-order valence-electron chi connectivity index (χ4n) is 2.05. The van der Waals surface area contributed by atoms with E-state index in [0.717, 1.165) is 17.8 Å². The maximum Gasteiger partial charge on any atom is 0.265 e. The van der Waals surface area contributed by atoms with Crippen molar-refractivity contribution in [2.75, 3.05) is 18.6 Å². The van der Waals surface area contributed by atoms with Crippen LogP contribution in [0.1, 0.15) is 18.6 Å². The summed E-state index contributed by atoms with van der Waals surface area (Å²) >= 11 is 0. The van der Waals surface area contributed by atoms with Gasteiger partial charge in [-0.15, -0.1) is 0 Å². The van der Waals surface area contributed by atoms with E-state index in [9.17, 15) is 4.79 Å². The molecule has 0 aromatic heterocycles. The molecule has 0 bridgehead atoms. The van der Waals surface area contributed by atoms with Crippen molar-refractivity contribution in [1.29, 1.82) is 0 Å². The average Bonchev–Trinajstić information content (AvgIpc) is 2.83. The Kier molecular flexibility index (Phi) is 2.49. The van der Waals surface area contributed by atoms with Gasteiger partial charge in [-0.25, -0.2) is 0 Å². The van der Waals surface area contributed by atoms with Crippen LogP contribution in [0.5, 0.6) is 5.75 Å². The molecular formula is C12H14N2O3. The summed E-state index contributed by atoms with van der Waals surface area (Å²) in [6, 6.07) is 5.76. The second-order valence-corrected chi connectivity index (χ2v) is 4.26. The fourth-order valence-corrected chi connectivity index (χ4v) is 2.05. The summed E-state index contributed by atoms with van der Waals surface area (Å²) in [4.78, 5) is 11.5. The Balaban J connectivity index is 1.90. The zero-order valence-electron chi connectivity index (χ0n) is 9.53. The van der Waals surface area contributed by atoms with Crippen molar-refractivity contribution in [2.24, 2.45) is 0 Å². The Morgan fingerprint density at radius 1 is 1.41 bits per heavy atom. The largest absolute Gasteiger partial charge is 0.479 e. The molecule has 2 atom stereocenters. The highest BCUT2D eigenvalue weighted by atomic mass is 16.5. The summed E-state index contributed by atoms with van der Waals surface area (Å²) in [5.41, 5.74) is 1.77. The van der Waals surface area contributed by atoms with Gasteiger partial charge in [-0.2, -0.15) is 0 Å². The molecule has 1 aromatic carbocycles. The van der Waals surface area contributed by atoms with Crippen LogP contribution < -0.4 is 15.4 Å². The first-order valence-corrected chi connectivity index (χ1v) is 5.68. The van der Waals surface area contributed by atoms with Crippen molar-refractivity contribution in [3.05, 3.63) is 23.8 Å². The number of carbonyl (C=O) groups excluding carboxylic acids is 1. The highest BCUT2D eigenvalue weighted by molar-refractivity contribution is 5.97. The van der Waals surface area contributed by atoms with Crippen molar-refractivity contribution < 1.29 is 14.3 Å². The van der Waals surface area contributed by atoms with E-state index in [2.05, 4.69) is 10.6 Å². The van der Waals surface area contributed by atoms with Gasteiger partial charge < -0.3 is 14.8 Å². The maximum absolute atomic E-state index is 11.5. The first-order chi connectivity index (χ1) is 8.24. The topological polar surface area (TPSA) is 59.6 Å². The lowest BCUT2D eigenvalue weighted by Crippen LogP contribution is -2.34. The Morgan fingerprint density at radius 3 is 3.06 bits per heavy atom. The molecule has 5 heteroatoms. The molecule has 0 radical (unpaired) electrons. The number of nitrogens with one attached hydrogen (secondary N) is 2. The van der Waals surface area contributed by atoms with E-state index in [1.807, 2.05) is 18.2 Å². The quantitative estimate of drug-likeness (QED) is 0.761. The van der Waals surface area contributed by atoms with Crippen LogP contribution in [-0.4, -0.2) is 25.3 Å². The number of fused-ring (bicyclic) bond motifs is 1. The molecule has 90 valence electrons. The van der Waals surface area contributed by atoms with E-state index < -0.39 is 6.10 Å². The number of amides is 1. The second-order valence-electron chi connectivity index (χ2n) is 4.26. The van der Waals surface area contributed by atoms with Gasteiger partial charge in [-0.3, -0.25) is 10.1 Å². The molecule has 1 aromatic rings. The zero-order valence-corrected chi connectivity index (χ0v) is 9.53. The standard InChI is InChI=1S/C12H14N2O3/c1-7-12(15)14-9-4-8(2-3-10(9)17-7)11-5-13-6-16-11/h2-4,7,11,13H,5-6H2,1H3,(H,14,15). The molecule has 2 aliphatic heterocycles. The minimum absolute atomic E-state index is 0.0524. The number of hydrogen-bond donors (Lipinski definition) is 2. The first-order valence-electron chi connectivity index (χ1n) is 5.68. The molecular weight excluding hydrogens is 220 g/mol. The Labute approximate surface area is 99.1 Å². The Hall–Kier alpha value is -1.59. The smallest absolute Gasteiger partial charge is 0.265 e. The van der Waals surface area contributed by atoms with Crippen molar-refractivity contribution >= 4 is 11.6 Å². The molecule has 17 heavy (non-hydrogen) atoms. The number of rotatable bonds is 1. The third kappa shape index (κ3) is 1.87. The van der Waals surface area contributed by atoms with Crippen LogP contribution in [0, 0.1) is 0 Å². The van der Waals surface area contributed by atoms with Crippen LogP contribution in [0.2, 0.25) is 0 Å². The number of ether oxygens (including phenoxy) is 2. The average molecular weight is 234 g/mol. The molecule has 0 saturated carbocycles. The minimum Gasteiger partial charge on any atom is -0.479 e. The third-order valence-corrected chi connectivity index (χ3v) is 3.02. The number of carbonyl (C=O) groups is 1. The van der Waals surface area contributed by atoms with Crippen LogP contribution in [0.4, 0.5) is 5.69 Å². The van der Waals surface area contributed by atoms with Gasteiger partial charge >= 0.3 is 0 Å². The molecule has 2 N–H and O–H groups in total. The lowest BCUT2D eigenvalue weighted by Gasteiger charge is -2.24. The summed E-state index contributed by atoms with van der Waals surface area (Å²) in [5.74, 6) is 0.604. The van der Waals surface area contributed by atoms with Crippen LogP contribution in [0.15, 0.2) is 18.2 Å². The molecule has 3 rings (SSSR count). The molecule has 0 aliphatic carbocycles. The second kappa shape index (κ2) is 4.01. The van der Waals surface area contributed by atoms with E-state index in [1.165, 1.54) is 0 Å². The zero-order chi connectivity index (χ0) is 11.8. The van der Waals surface area contributed by atoms with Gasteiger partial charge in [-0.05, 0) is 24.6 Å². The van der Waals surface area contributed by atoms with Gasteiger partial charge in [-0.1, -0.05) is 6.07 Å². The van der Waals surface area contributed by atoms with E-state index >= 15 is 0 Å². The summed E-state index contributed by atoms with van der Waals surface area (Å²) in [5, 5.41) is 5.96. The van der Waals surface area contributed by atoms with Crippen LogP contribution >= 0.6 is 0 Å². The van der Waals surface area contributed by atoms with Crippen molar-refractivity contribution in [3.63, 3.8) is 0 Å². The molecule has 1 saturated heterocycles. The highest BCUT2D eigenvalue weighted by Gasteiger charge is 2.25. The van der Waals surface area contributed by atoms with Gasteiger partial charge in [0.1, 0.15) is 5.75 Å². The normalized spacial score (nSPS) is 27.2. The van der Waals surface area contributed by atoms with E-state index in [4.69, 9.17) is 9.47 Å².